The highest BCUT2D eigenvalue weighted by Gasteiger charge is 2.19. The monoisotopic (exact) mass is 384 g/mol. The van der Waals surface area contributed by atoms with Crippen molar-refractivity contribution in [2.75, 3.05) is 29.5 Å². The van der Waals surface area contributed by atoms with Crippen LogP contribution in [0.4, 0.5) is 5.69 Å². The Hall–Kier alpha value is -1.39. The van der Waals surface area contributed by atoms with Gasteiger partial charge in [0.1, 0.15) is 0 Å². The first kappa shape index (κ1) is 19.4. The van der Waals surface area contributed by atoms with Crippen LogP contribution in [0.5, 0.6) is 0 Å². The molecule has 3 rings (SSSR count). The number of benzene rings is 1. The summed E-state index contributed by atoms with van der Waals surface area (Å²) in [6.45, 7) is 8.69. The third-order valence-electron chi connectivity index (χ3n) is 4.63. The molecule has 1 unspecified atom stereocenters. The van der Waals surface area contributed by atoms with Crippen LogP contribution in [0.2, 0.25) is 0 Å². The number of hydrogen-bond donors (Lipinski definition) is 0. The van der Waals surface area contributed by atoms with Gasteiger partial charge in [-0.2, -0.15) is 11.8 Å². The summed E-state index contributed by atoms with van der Waals surface area (Å²) in [6.07, 6.45) is 12.0. The van der Waals surface area contributed by atoms with Gasteiger partial charge in [-0.05, 0) is 30.2 Å². The van der Waals surface area contributed by atoms with Gasteiger partial charge in [-0.3, -0.25) is 4.99 Å². The molecule has 0 radical (unpaired) electrons. The minimum atomic E-state index is 0.310. The molecule has 4 heteroatoms. The van der Waals surface area contributed by atoms with Gasteiger partial charge in [-0.1, -0.05) is 68.5 Å². The van der Waals surface area contributed by atoms with Gasteiger partial charge in [0.05, 0.1) is 11.1 Å². The van der Waals surface area contributed by atoms with Crippen LogP contribution >= 0.6 is 23.5 Å². The summed E-state index contributed by atoms with van der Waals surface area (Å²) in [5.41, 5.74) is 2.57. The van der Waals surface area contributed by atoms with Gasteiger partial charge in [0.2, 0.25) is 0 Å². The standard InChI is InChI=1S/C22H28N2S2/c1-3-4-8-21-18(2)26-22(23-21)9-6-5-7-19-10-12-20(13-11-19)24-14-16-25-17-15-24/h5-7,9-13,21H,2-4,8,14-17H2,1H3/b7-5+,9-6+. The van der Waals surface area contributed by atoms with Gasteiger partial charge < -0.3 is 4.90 Å². The quantitative estimate of drug-likeness (QED) is 0.534. The van der Waals surface area contributed by atoms with E-state index in [0.29, 0.717) is 6.04 Å². The van der Waals surface area contributed by atoms with E-state index in [1.165, 1.54) is 40.5 Å². The molecule has 0 saturated carbocycles. The maximum absolute atomic E-state index is 4.77. The fraction of sp³-hybridized carbons (Fsp3) is 0.409. The van der Waals surface area contributed by atoms with Crippen molar-refractivity contribution in [2.45, 2.75) is 32.2 Å². The van der Waals surface area contributed by atoms with Crippen LogP contribution < -0.4 is 4.90 Å². The average molecular weight is 385 g/mol. The maximum Gasteiger partial charge on any atom is 0.0957 e. The third kappa shape index (κ3) is 5.55. The van der Waals surface area contributed by atoms with Crippen LogP contribution in [0.1, 0.15) is 31.7 Å². The molecule has 2 heterocycles. The number of rotatable bonds is 7. The number of thioether (sulfide) groups is 2. The zero-order valence-electron chi connectivity index (χ0n) is 15.6. The van der Waals surface area contributed by atoms with E-state index < -0.39 is 0 Å². The van der Waals surface area contributed by atoms with Crippen LogP contribution in [-0.4, -0.2) is 35.7 Å². The number of anilines is 1. The molecule has 0 N–H and O–H groups in total. The Morgan fingerprint density at radius 2 is 1.88 bits per heavy atom. The van der Waals surface area contributed by atoms with Crippen molar-refractivity contribution in [2.24, 2.45) is 4.99 Å². The molecular formula is C22H28N2S2. The normalized spacial score (nSPS) is 21.1. The Labute approximate surface area is 166 Å². The molecule has 26 heavy (non-hydrogen) atoms. The highest BCUT2D eigenvalue weighted by molar-refractivity contribution is 8.18. The molecule has 2 aliphatic rings. The first-order chi connectivity index (χ1) is 12.8. The van der Waals surface area contributed by atoms with Crippen molar-refractivity contribution < 1.29 is 0 Å². The number of nitrogens with zero attached hydrogens (tertiary/aromatic N) is 2. The molecule has 1 fully saturated rings. The van der Waals surface area contributed by atoms with Gasteiger partial charge in [0, 0.05) is 35.2 Å². The van der Waals surface area contributed by atoms with Crippen molar-refractivity contribution in [3.05, 3.63) is 59.5 Å². The van der Waals surface area contributed by atoms with E-state index in [1.807, 2.05) is 11.8 Å². The van der Waals surface area contributed by atoms with Gasteiger partial charge >= 0.3 is 0 Å². The lowest BCUT2D eigenvalue weighted by molar-refractivity contribution is 0.657. The molecule has 0 aliphatic carbocycles. The molecule has 138 valence electrons. The van der Waals surface area contributed by atoms with E-state index >= 15 is 0 Å². The van der Waals surface area contributed by atoms with E-state index in [1.54, 1.807) is 11.8 Å². The number of allylic oxidation sites excluding steroid dienone is 2. The lowest BCUT2D eigenvalue weighted by Gasteiger charge is -2.28. The Kier molecular flexibility index (Phi) is 7.51. The van der Waals surface area contributed by atoms with Crippen LogP contribution in [0.15, 0.2) is 59.0 Å². The fourth-order valence-corrected chi connectivity index (χ4v) is 4.88. The Morgan fingerprint density at radius 1 is 1.15 bits per heavy atom. The van der Waals surface area contributed by atoms with Crippen molar-refractivity contribution in [3.8, 4) is 0 Å². The van der Waals surface area contributed by atoms with E-state index in [9.17, 15) is 0 Å². The predicted octanol–water partition coefficient (Wildman–Crippen LogP) is 6.03. The summed E-state index contributed by atoms with van der Waals surface area (Å²) in [5.74, 6) is 2.47. The van der Waals surface area contributed by atoms with E-state index in [2.05, 4.69) is 67.0 Å². The summed E-state index contributed by atoms with van der Waals surface area (Å²) in [6, 6.07) is 9.18. The Balaban J connectivity index is 1.52. The lowest BCUT2D eigenvalue weighted by atomic mass is 10.1. The van der Waals surface area contributed by atoms with Crippen LogP contribution in [0.25, 0.3) is 6.08 Å². The minimum absolute atomic E-state index is 0.310. The third-order valence-corrected chi connectivity index (χ3v) is 6.56. The molecule has 1 saturated heterocycles. The van der Waals surface area contributed by atoms with Crippen molar-refractivity contribution in [1.29, 1.82) is 0 Å². The smallest absolute Gasteiger partial charge is 0.0957 e. The molecule has 1 atom stereocenters. The molecule has 2 aliphatic heterocycles. The fourth-order valence-electron chi connectivity index (χ4n) is 3.08. The number of unbranched alkanes of at least 4 members (excludes halogenated alkanes) is 1. The van der Waals surface area contributed by atoms with E-state index in [-0.39, 0.29) is 0 Å². The van der Waals surface area contributed by atoms with Crippen molar-refractivity contribution >= 4 is 40.3 Å². The molecule has 2 nitrogen and oxygen atoms in total. The number of hydrogen-bond acceptors (Lipinski definition) is 4. The molecule has 0 bridgehead atoms. The molecule has 1 aromatic rings. The summed E-state index contributed by atoms with van der Waals surface area (Å²) in [7, 11) is 0. The van der Waals surface area contributed by atoms with E-state index in [0.717, 1.165) is 24.6 Å². The lowest BCUT2D eigenvalue weighted by Crippen LogP contribution is -2.32. The van der Waals surface area contributed by atoms with Gasteiger partial charge in [0.25, 0.3) is 0 Å². The van der Waals surface area contributed by atoms with Crippen LogP contribution in [0.3, 0.4) is 0 Å². The first-order valence-corrected chi connectivity index (χ1v) is 11.5. The second-order valence-electron chi connectivity index (χ2n) is 6.60. The van der Waals surface area contributed by atoms with Gasteiger partial charge in [-0.15, -0.1) is 0 Å². The van der Waals surface area contributed by atoms with Gasteiger partial charge in [0.15, 0.2) is 0 Å². The van der Waals surface area contributed by atoms with Crippen molar-refractivity contribution in [1.82, 2.24) is 0 Å². The molecule has 0 spiro atoms. The summed E-state index contributed by atoms with van der Waals surface area (Å²) in [4.78, 5) is 8.43. The van der Waals surface area contributed by atoms with Crippen molar-refractivity contribution in [3.63, 3.8) is 0 Å². The largest absolute Gasteiger partial charge is 0.370 e. The summed E-state index contributed by atoms with van der Waals surface area (Å²) >= 11 is 3.76. The Morgan fingerprint density at radius 3 is 2.62 bits per heavy atom. The van der Waals surface area contributed by atoms with Crippen LogP contribution in [0, 0.1) is 0 Å². The molecule has 0 aromatic heterocycles. The molecule has 0 amide bonds. The van der Waals surface area contributed by atoms with E-state index in [4.69, 9.17) is 4.99 Å². The van der Waals surface area contributed by atoms with Crippen LogP contribution in [-0.2, 0) is 0 Å². The topological polar surface area (TPSA) is 15.6 Å². The zero-order chi connectivity index (χ0) is 18.2. The minimum Gasteiger partial charge on any atom is -0.370 e. The maximum atomic E-state index is 4.77. The molecular weight excluding hydrogens is 356 g/mol. The van der Waals surface area contributed by atoms with Gasteiger partial charge in [-0.25, -0.2) is 0 Å². The first-order valence-electron chi connectivity index (χ1n) is 9.48. The number of aliphatic imine (C=N–C) groups is 1. The predicted molar refractivity (Wildman–Crippen MR) is 122 cm³/mol. The Bertz CT molecular complexity index is 683. The zero-order valence-corrected chi connectivity index (χ0v) is 17.2. The average Bonchev–Trinajstić information content (AvgIpc) is 3.04. The highest BCUT2D eigenvalue weighted by atomic mass is 32.2. The second kappa shape index (κ2) is 10.1. The highest BCUT2D eigenvalue weighted by Crippen LogP contribution is 2.32. The molecule has 1 aromatic carbocycles. The second-order valence-corrected chi connectivity index (χ2v) is 8.97. The summed E-state index contributed by atoms with van der Waals surface area (Å²) in [5, 5.41) is 1.08. The summed E-state index contributed by atoms with van der Waals surface area (Å²) < 4.78 is 0. The SMILES string of the molecule is C=C1SC(/C=C/C=C/c2ccc(N3CCSCC3)cc2)=NC1CCCC.